The van der Waals surface area contributed by atoms with Crippen molar-refractivity contribution in [2.75, 3.05) is 13.2 Å². The van der Waals surface area contributed by atoms with Crippen LogP contribution >= 0.6 is 50.5 Å². The molecule has 0 aliphatic carbocycles. The van der Waals surface area contributed by atoms with Gasteiger partial charge in [-0.05, 0) is 0 Å². The lowest BCUT2D eigenvalue weighted by Gasteiger charge is -2.06. The van der Waals surface area contributed by atoms with Crippen LogP contribution < -0.4 is 0 Å². The summed E-state index contributed by atoms with van der Waals surface area (Å²) < 4.78 is 5.03. The van der Waals surface area contributed by atoms with Gasteiger partial charge >= 0.3 is 0 Å². The molecule has 0 unspecified atom stereocenters. The van der Waals surface area contributed by atoms with Crippen LogP contribution in [0.1, 0.15) is 0 Å². The maximum atomic E-state index is 5.05. The van der Waals surface area contributed by atoms with E-state index in [1.165, 1.54) is 0 Å². The van der Waals surface area contributed by atoms with Crippen molar-refractivity contribution < 1.29 is 4.74 Å². The molecule has 0 atom stereocenters. The number of rotatable bonds is 4. The second-order valence-corrected chi connectivity index (χ2v) is 4.81. The first-order chi connectivity index (χ1) is 4.13. The molecule has 0 fully saturated rings. The maximum absolute atomic E-state index is 5.05. The van der Waals surface area contributed by atoms with Crippen LogP contribution in [0.3, 0.4) is 0 Å². The van der Waals surface area contributed by atoms with Crippen LogP contribution in [0.4, 0.5) is 0 Å². The Hall–Kier alpha value is 1.36. The standard InChI is InChI=1S/C4H10OS4/c6-3(7)1-5-2-4(8)9/h3-4,6-9H,1-2H2. The van der Waals surface area contributed by atoms with Gasteiger partial charge in [0.1, 0.15) is 0 Å². The highest BCUT2D eigenvalue weighted by atomic mass is 32.2. The lowest BCUT2D eigenvalue weighted by atomic mass is 10.8. The van der Waals surface area contributed by atoms with E-state index in [-0.39, 0.29) is 9.16 Å². The predicted octanol–water partition coefficient (Wildman–Crippen LogP) is 1.37. The van der Waals surface area contributed by atoms with E-state index >= 15 is 0 Å². The Morgan fingerprint density at radius 2 is 1.22 bits per heavy atom. The molecule has 0 aromatic rings. The van der Waals surface area contributed by atoms with Crippen LogP contribution in [0.15, 0.2) is 0 Å². The van der Waals surface area contributed by atoms with Gasteiger partial charge in [0.05, 0.1) is 22.4 Å². The highest BCUT2D eigenvalue weighted by molar-refractivity contribution is 7.99. The summed E-state index contributed by atoms with van der Waals surface area (Å²) in [6.45, 7) is 1.06. The molecule has 0 saturated carbocycles. The van der Waals surface area contributed by atoms with Gasteiger partial charge in [-0.1, -0.05) is 0 Å². The molecular formula is C4H10OS4. The van der Waals surface area contributed by atoms with Gasteiger partial charge in [0.2, 0.25) is 0 Å². The fourth-order valence-electron chi connectivity index (χ4n) is 0.279. The van der Waals surface area contributed by atoms with Crippen molar-refractivity contribution in [1.82, 2.24) is 0 Å². The Morgan fingerprint density at radius 3 is 1.44 bits per heavy atom. The lowest BCUT2D eigenvalue weighted by Crippen LogP contribution is -2.08. The average Bonchev–Trinajstić information content (AvgIpc) is 1.63. The summed E-state index contributed by atoms with van der Waals surface area (Å²) in [5, 5.41) is 0. The molecule has 56 valence electrons. The monoisotopic (exact) mass is 202 g/mol. The van der Waals surface area contributed by atoms with Crippen molar-refractivity contribution in [2.24, 2.45) is 0 Å². The topological polar surface area (TPSA) is 9.23 Å². The van der Waals surface area contributed by atoms with Crippen LogP contribution in [-0.2, 0) is 4.74 Å². The van der Waals surface area contributed by atoms with E-state index in [0.29, 0.717) is 13.2 Å². The summed E-state index contributed by atoms with van der Waals surface area (Å²) in [5.41, 5.74) is 0. The van der Waals surface area contributed by atoms with Gasteiger partial charge in [0.15, 0.2) is 0 Å². The van der Waals surface area contributed by atoms with Crippen molar-refractivity contribution in [2.45, 2.75) is 9.16 Å². The van der Waals surface area contributed by atoms with Gasteiger partial charge in [-0.15, -0.1) is 0 Å². The first-order valence-electron chi connectivity index (χ1n) is 2.43. The highest BCUT2D eigenvalue weighted by Crippen LogP contribution is 2.03. The molecule has 9 heavy (non-hydrogen) atoms. The number of hydrogen-bond acceptors (Lipinski definition) is 5. The molecule has 0 spiro atoms. The Kier molecular flexibility index (Phi) is 7.02. The molecule has 0 amide bonds. The smallest absolute Gasteiger partial charge is 0.0675 e. The summed E-state index contributed by atoms with van der Waals surface area (Å²) in [6.07, 6.45) is 0. The van der Waals surface area contributed by atoms with Crippen molar-refractivity contribution in [3.63, 3.8) is 0 Å². The third-order valence-corrected chi connectivity index (χ3v) is 1.13. The third-order valence-electron chi connectivity index (χ3n) is 0.534. The third kappa shape index (κ3) is 9.36. The van der Waals surface area contributed by atoms with E-state index in [2.05, 4.69) is 50.5 Å². The van der Waals surface area contributed by atoms with E-state index in [0.717, 1.165) is 0 Å². The molecule has 1 nitrogen and oxygen atoms in total. The van der Waals surface area contributed by atoms with E-state index in [1.807, 2.05) is 0 Å². The van der Waals surface area contributed by atoms with Gasteiger partial charge in [-0.2, -0.15) is 50.5 Å². The van der Waals surface area contributed by atoms with Gasteiger partial charge in [0.25, 0.3) is 0 Å². The van der Waals surface area contributed by atoms with Gasteiger partial charge in [-0.25, -0.2) is 0 Å². The lowest BCUT2D eigenvalue weighted by molar-refractivity contribution is 0.160. The molecule has 0 rings (SSSR count). The molecule has 5 heteroatoms. The molecular weight excluding hydrogens is 192 g/mol. The molecule has 0 aliphatic heterocycles. The largest absolute Gasteiger partial charge is 0.377 e. The van der Waals surface area contributed by atoms with Crippen LogP contribution in [0.2, 0.25) is 0 Å². The van der Waals surface area contributed by atoms with Crippen LogP contribution in [0, 0.1) is 0 Å². The van der Waals surface area contributed by atoms with Crippen molar-refractivity contribution in [1.29, 1.82) is 0 Å². The van der Waals surface area contributed by atoms with Gasteiger partial charge in [0, 0.05) is 0 Å². The Morgan fingerprint density at radius 1 is 0.889 bits per heavy atom. The Balaban J connectivity index is 2.91. The zero-order valence-electron chi connectivity index (χ0n) is 4.77. The summed E-state index contributed by atoms with van der Waals surface area (Å²) in [7, 11) is 0. The molecule has 0 bridgehead atoms. The zero-order chi connectivity index (χ0) is 7.28. The van der Waals surface area contributed by atoms with Gasteiger partial charge < -0.3 is 4.74 Å². The average molecular weight is 202 g/mol. The molecule has 0 heterocycles. The summed E-state index contributed by atoms with van der Waals surface area (Å²) >= 11 is 16.0. The quantitative estimate of drug-likeness (QED) is 0.398. The first-order valence-corrected chi connectivity index (χ1v) is 4.49. The van der Waals surface area contributed by atoms with Crippen molar-refractivity contribution in [3.8, 4) is 0 Å². The second-order valence-electron chi connectivity index (χ2n) is 1.50. The van der Waals surface area contributed by atoms with Gasteiger partial charge in [-0.3, -0.25) is 0 Å². The molecule has 0 N–H and O–H groups in total. The summed E-state index contributed by atoms with van der Waals surface area (Å²) in [6, 6.07) is 0. The van der Waals surface area contributed by atoms with Crippen LogP contribution in [0.5, 0.6) is 0 Å². The fraction of sp³-hybridized carbons (Fsp3) is 1.00. The van der Waals surface area contributed by atoms with Crippen molar-refractivity contribution in [3.05, 3.63) is 0 Å². The number of thiol groups is 4. The molecule has 0 saturated heterocycles. The van der Waals surface area contributed by atoms with E-state index in [1.54, 1.807) is 0 Å². The molecule has 0 radical (unpaired) electrons. The van der Waals surface area contributed by atoms with Crippen molar-refractivity contribution >= 4 is 50.5 Å². The maximum Gasteiger partial charge on any atom is 0.0675 e. The molecule has 0 aliphatic rings. The molecule has 0 aromatic heterocycles. The summed E-state index contributed by atoms with van der Waals surface area (Å²) in [4.78, 5) is 0. The first kappa shape index (κ1) is 10.4. The Labute approximate surface area is 77.6 Å². The fourth-order valence-corrected chi connectivity index (χ4v) is 0.700. The summed E-state index contributed by atoms with van der Waals surface area (Å²) in [5.74, 6) is 0. The van der Waals surface area contributed by atoms with E-state index in [9.17, 15) is 0 Å². The van der Waals surface area contributed by atoms with Crippen LogP contribution in [0.25, 0.3) is 0 Å². The highest BCUT2D eigenvalue weighted by Gasteiger charge is 1.97. The zero-order valence-corrected chi connectivity index (χ0v) is 8.34. The minimum Gasteiger partial charge on any atom is -0.377 e. The second kappa shape index (κ2) is 6.09. The van der Waals surface area contributed by atoms with Crippen LogP contribution in [-0.4, -0.2) is 22.4 Å². The molecule has 0 aromatic carbocycles. The van der Waals surface area contributed by atoms with E-state index in [4.69, 9.17) is 4.74 Å². The predicted molar refractivity (Wildman–Crippen MR) is 54.3 cm³/mol. The SMILES string of the molecule is SC(S)COCC(S)S. The van der Waals surface area contributed by atoms with E-state index < -0.39 is 0 Å². The number of ether oxygens (including phenoxy) is 1. The Bertz CT molecular complexity index is 57.6. The number of hydrogen-bond donors (Lipinski definition) is 4. The minimum atomic E-state index is -0.00887. The normalized spacial score (nSPS) is 11.3. The minimum absolute atomic E-state index is 0.00887.